The molecule has 6 aromatic carbocycles. The van der Waals surface area contributed by atoms with Gasteiger partial charge in [-0.05, 0) is 177 Å². The van der Waals surface area contributed by atoms with E-state index >= 15 is 0 Å². The summed E-state index contributed by atoms with van der Waals surface area (Å²) in [6.45, 7) is 4.36. The number of unbranched alkanes of at least 4 members (excludes halogenated alkanes) is 1. The topological polar surface area (TPSA) is 3.24 Å². The number of rotatable bonds is 13. The van der Waals surface area contributed by atoms with Crippen LogP contribution in [-0.4, -0.2) is 56.3 Å². The van der Waals surface area contributed by atoms with Gasteiger partial charge in [-0.2, -0.15) is 0 Å². The first-order valence-electron chi connectivity index (χ1n) is 20.5. The zero-order valence-corrected chi connectivity index (χ0v) is 39.9. The number of benzene rings is 6. The molecule has 0 heterocycles. The Kier molecular flexibility index (Phi) is 15.9. The van der Waals surface area contributed by atoms with Gasteiger partial charge in [-0.15, -0.1) is 0 Å². The van der Waals surface area contributed by atoms with Gasteiger partial charge in [0.2, 0.25) is 0 Å². The lowest BCUT2D eigenvalue weighted by molar-refractivity contribution is 0.886. The summed E-state index contributed by atoms with van der Waals surface area (Å²) in [6.07, 6.45) is 36.9. The van der Waals surface area contributed by atoms with Gasteiger partial charge in [-0.3, -0.25) is 0 Å². The Bertz CT molecular complexity index is 2010. The molecule has 0 aliphatic rings. The Morgan fingerprint density at radius 3 is 0.610 bits per heavy atom. The third-order valence-electron chi connectivity index (χ3n) is 10.1. The summed E-state index contributed by atoms with van der Waals surface area (Å²) in [5.41, 5.74) is 10.5. The molecule has 0 aromatic heterocycles. The third kappa shape index (κ3) is 13.7. The van der Waals surface area contributed by atoms with Crippen molar-refractivity contribution in [2.24, 2.45) is 0 Å². The van der Waals surface area contributed by atoms with Crippen molar-refractivity contribution in [3.05, 3.63) is 179 Å². The lowest BCUT2D eigenvalue weighted by Crippen LogP contribution is -2.09. The lowest BCUT2D eigenvalue weighted by Gasteiger charge is -2.26. The molecular formula is C55H67NS3. The van der Waals surface area contributed by atoms with Crippen LogP contribution >= 0.6 is 30.1 Å². The zero-order chi connectivity index (χ0) is 42.6. The van der Waals surface area contributed by atoms with Gasteiger partial charge in [-0.1, -0.05) is 136 Å². The molecular weight excluding hydrogens is 771 g/mol. The van der Waals surface area contributed by atoms with Crippen LogP contribution in [0.15, 0.2) is 160 Å². The van der Waals surface area contributed by atoms with E-state index in [2.05, 4.69) is 257 Å². The second-order valence-electron chi connectivity index (χ2n) is 17.3. The molecule has 0 fully saturated rings. The highest BCUT2D eigenvalue weighted by Gasteiger charge is 2.13. The highest BCUT2D eigenvalue weighted by Crippen LogP contribution is 2.46. The van der Waals surface area contributed by atoms with Crippen LogP contribution in [0.2, 0.25) is 0 Å². The lowest BCUT2D eigenvalue weighted by atomic mass is 10.1. The van der Waals surface area contributed by atoms with Crippen molar-refractivity contribution in [3.8, 4) is 0 Å². The molecule has 0 spiro atoms. The predicted molar refractivity (Wildman–Crippen MR) is 279 cm³/mol. The number of nitrogens with zero attached hydrogens (tertiary/aromatic N) is 1. The molecule has 4 heteroatoms. The quantitative estimate of drug-likeness (QED) is 0.105. The van der Waals surface area contributed by atoms with E-state index in [1.165, 1.54) is 60.9 Å². The molecule has 1 nitrogen and oxygen atoms in total. The maximum atomic E-state index is 2.34. The van der Waals surface area contributed by atoms with Crippen molar-refractivity contribution in [3.63, 3.8) is 0 Å². The minimum absolute atomic E-state index is 0.725. The Morgan fingerprint density at radius 2 is 0.458 bits per heavy atom. The molecule has 0 atom stereocenters. The predicted octanol–water partition coefficient (Wildman–Crippen LogP) is 16.6. The summed E-state index contributed by atoms with van der Waals surface area (Å²) < 4.78 is 0. The summed E-state index contributed by atoms with van der Waals surface area (Å²) in [6, 6.07) is 53.6. The minimum atomic E-state index is -0.725. The molecule has 6 aromatic rings. The van der Waals surface area contributed by atoms with Gasteiger partial charge in [-0.25, -0.2) is 30.1 Å². The van der Waals surface area contributed by atoms with Gasteiger partial charge < -0.3 is 4.90 Å². The van der Waals surface area contributed by atoms with E-state index in [0.717, 1.165) is 17.1 Å². The van der Waals surface area contributed by atoms with Gasteiger partial charge in [0.05, 0.1) is 0 Å². The van der Waals surface area contributed by atoms with Crippen molar-refractivity contribution in [1.82, 2.24) is 0 Å². The summed E-state index contributed by atoms with van der Waals surface area (Å²) in [5.74, 6) is 0. The van der Waals surface area contributed by atoms with Crippen LogP contribution < -0.4 is 4.90 Å². The second kappa shape index (κ2) is 20.6. The molecule has 0 aliphatic heterocycles. The molecule has 0 aliphatic carbocycles. The van der Waals surface area contributed by atoms with E-state index in [1.807, 2.05) is 0 Å². The van der Waals surface area contributed by atoms with Gasteiger partial charge >= 0.3 is 0 Å². The molecule has 310 valence electrons. The van der Waals surface area contributed by atoms with Gasteiger partial charge in [0.15, 0.2) is 0 Å². The van der Waals surface area contributed by atoms with E-state index < -0.39 is 30.1 Å². The van der Waals surface area contributed by atoms with Crippen molar-refractivity contribution < 1.29 is 0 Å². The normalized spacial score (nSPS) is 13.1. The van der Waals surface area contributed by atoms with Crippen LogP contribution in [-0.2, 0) is 0 Å². The molecule has 59 heavy (non-hydrogen) atoms. The monoisotopic (exact) mass is 837 g/mol. The average molecular weight is 838 g/mol. The summed E-state index contributed by atoms with van der Waals surface area (Å²) in [5, 5.41) is 0. The fraction of sp³-hybridized carbons (Fsp3) is 0.236. The SMILES string of the molecule is CCCC.CS(C)(C)c1ccc(/C=C/c2ccc(N(c3ccc(/C=C/c4ccc(S(C)(C)C)cc4)cc3)c3ccc(/C=C/c4ccc(S(C)(C)C)cc4)cc3)cc2)cc1. The third-order valence-corrected chi connectivity index (χ3v) is 15.2. The van der Waals surface area contributed by atoms with Crippen LogP contribution in [0.4, 0.5) is 17.1 Å². The average Bonchev–Trinajstić information content (AvgIpc) is 3.22. The number of anilines is 3. The fourth-order valence-corrected chi connectivity index (χ4v) is 9.05. The van der Waals surface area contributed by atoms with Crippen LogP contribution in [0.25, 0.3) is 36.5 Å². The molecule has 0 unspecified atom stereocenters. The Balaban J connectivity index is 0.00000158. The van der Waals surface area contributed by atoms with E-state index in [-0.39, 0.29) is 0 Å². The van der Waals surface area contributed by atoms with E-state index in [0.29, 0.717) is 0 Å². The van der Waals surface area contributed by atoms with Crippen molar-refractivity contribution in [2.75, 3.05) is 61.2 Å². The summed E-state index contributed by atoms with van der Waals surface area (Å²) >= 11 is 0. The van der Waals surface area contributed by atoms with Gasteiger partial charge in [0.25, 0.3) is 0 Å². The molecule has 0 amide bonds. The van der Waals surface area contributed by atoms with Crippen molar-refractivity contribution in [1.29, 1.82) is 0 Å². The van der Waals surface area contributed by atoms with Gasteiger partial charge in [0.1, 0.15) is 0 Å². The zero-order valence-electron chi connectivity index (χ0n) is 37.4. The van der Waals surface area contributed by atoms with Crippen LogP contribution in [0.3, 0.4) is 0 Å². The molecule has 0 radical (unpaired) electrons. The van der Waals surface area contributed by atoms with Crippen molar-refractivity contribution in [2.45, 2.75) is 41.4 Å². The highest BCUT2D eigenvalue weighted by molar-refractivity contribution is 8.32. The van der Waals surface area contributed by atoms with Crippen LogP contribution in [0.5, 0.6) is 0 Å². The standard InChI is InChI=1S/C51H57NS3.C4H10/c1-53(2,3)49-34-22-43(23-35-49)13-10-40-16-28-46(29-17-40)52(47-30-18-41(19-31-47)11-14-44-24-36-50(37-25-44)54(4,5)6)48-32-20-42(21-33-48)12-15-45-26-38-51(39-27-45)55(7,8)9;1-3-4-2/h10-39H,1-9H3;3-4H2,1-2H3/b13-10+,14-11+,15-12+;. The number of hydrogen-bond acceptors (Lipinski definition) is 1. The fourth-order valence-electron chi connectivity index (χ4n) is 6.19. The summed E-state index contributed by atoms with van der Waals surface area (Å²) in [4.78, 5) is 6.63. The number of hydrogen-bond donors (Lipinski definition) is 0. The van der Waals surface area contributed by atoms with Gasteiger partial charge in [0, 0.05) is 17.1 Å². The smallest absolute Gasteiger partial charge is 0.0462 e. The Morgan fingerprint density at radius 1 is 0.288 bits per heavy atom. The highest BCUT2D eigenvalue weighted by atomic mass is 32.3. The van der Waals surface area contributed by atoms with Crippen LogP contribution in [0.1, 0.15) is 60.1 Å². The minimum Gasteiger partial charge on any atom is -0.311 e. The summed E-state index contributed by atoms with van der Waals surface area (Å²) in [7, 11) is -2.18. The van der Waals surface area contributed by atoms with Crippen molar-refractivity contribution >= 4 is 83.6 Å². The first-order valence-corrected chi connectivity index (χ1v) is 29.1. The van der Waals surface area contributed by atoms with E-state index in [9.17, 15) is 0 Å². The maximum absolute atomic E-state index is 2.34. The largest absolute Gasteiger partial charge is 0.311 e. The molecule has 6 rings (SSSR count). The molecule has 0 N–H and O–H groups in total. The Labute approximate surface area is 363 Å². The van der Waals surface area contributed by atoms with E-state index in [4.69, 9.17) is 0 Å². The second-order valence-corrected chi connectivity index (χ2v) is 29.8. The Hall–Kier alpha value is -4.61. The molecule has 0 saturated carbocycles. The first kappa shape index (κ1) is 45.5. The maximum Gasteiger partial charge on any atom is 0.0462 e. The molecule has 0 saturated heterocycles. The van der Waals surface area contributed by atoms with E-state index in [1.54, 1.807) is 0 Å². The molecule has 0 bridgehead atoms. The first-order chi connectivity index (χ1) is 28.0. The van der Waals surface area contributed by atoms with Crippen LogP contribution in [0, 0.1) is 0 Å².